The van der Waals surface area contributed by atoms with Crippen molar-refractivity contribution in [3.05, 3.63) is 41.2 Å². The molecule has 6 nitrogen and oxygen atoms in total. The van der Waals surface area contributed by atoms with Crippen LogP contribution in [0.15, 0.2) is 30.5 Å². The van der Waals surface area contributed by atoms with Gasteiger partial charge in [0, 0.05) is 19.9 Å². The Balaban J connectivity index is 1.74. The summed E-state index contributed by atoms with van der Waals surface area (Å²) in [4.78, 5) is 19.4. The Bertz CT molecular complexity index is 916. The molecule has 1 aliphatic heterocycles. The Morgan fingerprint density at radius 2 is 2.36 bits per heavy atom. The van der Waals surface area contributed by atoms with Crippen LogP contribution in [0.5, 0.6) is 0 Å². The maximum absolute atomic E-state index is 13.1. The highest BCUT2D eigenvalue weighted by molar-refractivity contribution is 7.22. The number of rotatable bonds is 4. The average Bonchev–Trinajstić information content (AvgIpc) is 3.32. The number of carbonyl (C=O) groups excluding carboxylic acids is 1. The van der Waals surface area contributed by atoms with Gasteiger partial charge in [0.05, 0.1) is 22.4 Å². The van der Waals surface area contributed by atoms with Gasteiger partial charge in [-0.15, -0.1) is 0 Å². The zero-order valence-corrected chi connectivity index (χ0v) is 15.3. The largest absolute Gasteiger partial charge is 0.376 e. The lowest BCUT2D eigenvalue weighted by Gasteiger charge is -2.22. The van der Waals surface area contributed by atoms with Crippen LogP contribution in [-0.4, -0.2) is 39.9 Å². The molecule has 3 heterocycles. The zero-order chi connectivity index (χ0) is 17.4. The normalized spacial score (nSPS) is 17.3. The van der Waals surface area contributed by atoms with Crippen LogP contribution in [0.1, 0.15) is 23.3 Å². The van der Waals surface area contributed by atoms with Crippen LogP contribution in [0, 0.1) is 0 Å². The van der Waals surface area contributed by atoms with Gasteiger partial charge in [-0.2, -0.15) is 5.10 Å². The van der Waals surface area contributed by atoms with Crippen molar-refractivity contribution in [1.29, 1.82) is 0 Å². The highest BCUT2D eigenvalue weighted by Gasteiger charge is 2.28. The number of carbonyl (C=O) groups is 1. The highest BCUT2D eigenvalue weighted by atomic mass is 35.5. The van der Waals surface area contributed by atoms with Gasteiger partial charge in [0.2, 0.25) is 0 Å². The fourth-order valence-corrected chi connectivity index (χ4v) is 4.25. The number of hydrogen-bond donors (Lipinski definition) is 0. The van der Waals surface area contributed by atoms with Gasteiger partial charge in [-0.1, -0.05) is 29.0 Å². The number of ether oxygens (including phenoxy) is 1. The Morgan fingerprint density at radius 3 is 3.04 bits per heavy atom. The summed E-state index contributed by atoms with van der Waals surface area (Å²) in [5.74, 6) is -0.134. The smallest absolute Gasteiger partial charge is 0.278 e. The molecule has 0 saturated carbocycles. The topological polar surface area (TPSA) is 60.2 Å². The van der Waals surface area contributed by atoms with E-state index in [9.17, 15) is 4.79 Å². The number of hydrogen-bond acceptors (Lipinski definition) is 5. The minimum atomic E-state index is -0.134. The maximum Gasteiger partial charge on any atom is 0.278 e. The number of aromatic nitrogens is 3. The highest BCUT2D eigenvalue weighted by Crippen LogP contribution is 2.34. The van der Waals surface area contributed by atoms with Gasteiger partial charge in [-0.05, 0) is 31.0 Å². The molecule has 25 heavy (non-hydrogen) atoms. The first-order valence-corrected chi connectivity index (χ1v) is 9.29. The number of aryl methyl sites for hydroxylation is 1. The van der Waals surface area contributed by atoms with Crippen molar-refractivity contribution in [2.24, 2.45) is 7.05 Å². The van der Waals surface area contributed by atoms with Crippen LogP contribution < -0.4 is 4.90 Å². The van der Waals surface area contributed by atoms with Gasteiger partial charge in [-0.25, -0.2) is 4.98 Å². The van der Waals surface area contributed by atoms with Crippen LogP contribution in [0.25, 0.3) is 10.2 Å². The van der Waals surface area contributed by atoms with E-state index in [-0.39, 0.29) is 12.0 Å². The Kier molecular flexibility index (Phi) is 4.45. The van der Waals surface area contributed by atoms with Gasteiger partial charge < -0.3 is 4.74 Å². The molecule has 0 aliphatic carbocycles. The number of para-hydroxylation sites is 1. The van der Waals surface area contributed by atoms with E-state index in [1.54, 1.807) is 35.0 Å². The molecule has 130 valence electrons. The van der Waals surface area contributed by atoms with Gasteiger partial charge in [0.25, 0.3) is 5.91 Å². The monoisotopic (exact) mass is 376 g/mol. The second-order valence-electron chi connectivity index (χ2n) is 5.97. The summed E-state index contributed by atoms with van der Waals surface area (Å²) in [6, 6.07) is 7.37. The maximum atomic E-state index is 13.1. The number of nitrogens with zero attached hydrogens (tertiary/aromatic N) is 4. The SMILES string of the molecule is Cn1nccc1C(=O)N(CC1CCCO1)c1nc2c(Cl)cccc2s1. The van der Waals surface area contributed by atoms with Crippen molar-refractivity contribution in [2.45, 2.75) is 18.9 Å². The van der Waals surface area contributed by atoms with Crippen LogP contribution in [0.2, 0.25) is 5.02 Å². The summed E-state index contributed by atoms with van der Waals surface area (Å²) in [6.45, 7) is 1.21. The molecule has 3 aromatic rings. The summed E-state index contributed by atoms with van der Waals surface area (Å²) in [7, 11) is 1.76. The average molecular weight is 377 g/mol. The number of anilines is 1. The van der Waals surface area contributed by atoms with E-state index >= 15 is 0 Å². The third-order valence-electron chi connectivity index (χ3n) is 4.28. The third kappa shape index (κ3) is 3.15. The Hall–Kier alpha value is -1.96. The second-order valence-corrected chi connectivity index (χ2v) is 7.39. The molecule has 0 spiro atoms. The summed E-state index contributed by atoms with van der Waals surface area (Å²) in [5, 5.41) is 5.32. The third-order valence-corrected chi connectivity index (χ3v) is 5.63. The van der Waals surface area contributed by atoms with Gasteiger partial charge in [0.15, 0.2) is 5.13 Å². The molecule has 1 unspecified atom stereocenters. The first-order valence-electron chi connectivity index (χ1n) is 8.10. The van der Waals surface area contributed by atoms with Crippen LogP contribution in [0.4, 0.5) is 5.13 Å². The van der Waals surface area contributed by atoms with E-state index in [0.29, 0.717) is 22.4 Å². The standard InChI is InChI=1S/C17H17ClN4O2S/c1-21-13(7-8-19-21)16(23)22(10-11-4-3-9-24-11)17-20-15-12(18)5-2-6-14(15)25-17/h2,5-8,11H,3-4,9-10H2,1H3. The summed E-state index contributed by atoms with van der Waals surface area (Å²) >= 11 is 7.71. The molecular weight excluding hydrogens is 360 g/mol. The van der Waals surface area contributed by atoms with Crippen molar-refractivity contribution in [3.8, 4) is 0 Å². The van der Waals surface area contributed by atoms with Crippen molar-refractivity contribution in [3.63, 3.8) is 0 Å². The fourth-order valence-electron chi connectivity index (χ4n) is 2.98. The van der Waals surface area contributed by atoms with Crippen LogP contribution >= 0.6 is 22.9 Å². The molecule has 1 aliphatic rings. The molecule has 0 N–H and O–H groups in total. The van der Waals surface area contributed by atoms with E-state index in [4.69, 9.17) is 16.3 Å². The quantitative estimate of drug-likeness (QED) is 0.699. The molecule has 1 atom stereocenters. The molecular formula is C17H17ClN4O2S. The summed E-state index contributed by atoms with van der Waals surface area (Å²) in [5.41, 5.74) is 1.24. The molecule has 4 rings (SSSR count). The number of thiazole rings is 1. The summed E-state index contributed by atoms with van der Waals surface area (Å²) < 4.78 is 8.27. The van der Waals surface area contributed by atoms with E-state index in [2.05, 4.69) is 10.1 Å². The molecule has 2 aromatic heterocycles. The predicted octanol–water partition coefficient (Wildman–Crippen LogP) is 3.51. The molecule has 0 bridgehead atoms. The molecule has 1 amide bonds. The van der Waals surface area contributed by atoms with Gasteiger partial charge in [-0.3, -0.25) is 14.4 Å². The van der Waals surface area contributed by atoms with Crippen molar-refractivity contribution < 1.29 is 9.53 Å². The predicted molar refractivity (Wildman–Crippen MR) is 98.5 cm³/mol. The first kappa shape index (κ1) is 16.5. The zero-order valence-electron chi connectivity index (χ0n) is 13.7. The van der Waals surface area contributed by atoms with Crippen molar-refractivity contribution in [2.75, 3.05) is 18.1 Å². The number of fused-ring (bicyclic) bond motifs is 1. The lowest BCUT2D eigenvalue weighted by molar-refractivity contribution is 0.0910. The fraction of sp³-hybridized carbons (Fsp3) is 0.353. The number of benzene rings is 1. The van der Waals surface area contributed by atoms with E-state index in [1.807, 2.05) is 12.1 Å². The van der Waals surface area contributed by atoms with E-state index in [0.717, 1.165) is 29.7 Å². The van der Waals surface area contributed by atoms with Crippen LogP contribution in [0.3, 0.4) is 0 Å². The molecule has 0 radical (unpaired) electrons. The van der Waals surface area contributed by atoms with Crippen molar-refractivity contribution in [1.82, 2.24) is 14.8 Å². The van der Waals surface area contributed by atoms with E-state index < -0.39 is 0 Å². The number of halogens is 1. The second kappa shape index (κ2) is 6.74. The van der Waals surface area contributed by atoms with Gasteiger partial charge >= 0.3 is 0 Å². The molecule has 1 aromatic carbocycles. The van der Waals surface area contributed by atoms with Gasteiger partial charge in [0.1, 0.15) is 11.2 Å². The lowest BCUT2D eigenvalue weighted by atomic mass is 10.2. The Labute approximate surface area is 154 Å². The number of amides is 1. The van der Waals surface area contributed by atoms with Crippen molar-refractivity contribution >= 4 is 44.2 Å². The molecule has 1 fully saturated rings. The minimum Gasteiger partial charge on any atom is -0.376 e. The van der Waals surface area contributed by atoms with Crippen LogP contribution in [-0.2, 0) is 11.8 Å². The Morgan fingerprint density at radius 1 is 1.48 bits per heavy atom. The van der Waals surface area contributed by atoms with E-state index in [1.165, 1.54) is 11.3 Å². The molecule has 1 saturated heterocycles. The first-order chi connectivity index (χ1) is 12.1. The minimum absolute atomic E-state index is 0.0275. The summed E-state index contributed by atoms with van der Waals surface area (Å²) in [6.07, 6.45) is 3.61. The lowest BCUT2D eigenvalue weighted by Crippen LogP contribution is -2.38. The molecule has 8 heteroatoms.